The van der Waals surface area contributed by atoms with Gasteiger partial charge in [0.15, 0.2) is 29.7 Å². The summed E-state index contributed by atoms with van der Waals surface area (Å²) < 4.78 is 28.1. The first-order valence-electron chi connectivity index (χ1n) is 12.6. The van der Waals surface area contributed by atoms with Gasteiger partial charge in [-0.2, -0.15) is 0 Å². The van der Waals surface area contributed by atoms with E-state index < -0.39 is 114 Å². The summed E-state index contributed by atoms with van der Waals surface area (Å²) in [7, 11) is 0. The molecule has 0 aliphatic carbocycles. The van der Waals surface area contributed by atoms with Crippen LogP contribution in [0.3, 0.4) is 0 Å². The van der Waals surface area contributed by atoms with Crippen molar-refractivity contribution >= 4 is 11.0 Å². The van der Waals surface area contributed by atoms with Crippen LogP contribution in [0.2, 0.25) is 0 Å². The first-order valence-corrected chi connectivity index (χ1v) is 12.6. The molecule has 2 saturated heterocycles. The van der Waals surface area contributed by atoms with Crippen molar-refractivity contribution in [2.24, 2.45) is 0 Å². The van der Waals surface area contributed by atoms with E-state index in [2.05, 4.69) is 0 Å². The van der Waals surface area contributed by atoms with E-state index in [9.17, 15) is 55.9 Å². The zero-order valence-corrected chi connectivity index (χ0v) is 21.4. The maximum Gasteiger partial charge on any atom is 0.239 e. The van der Waals surface area contributed by atoms with Crippen LogP contribution in [0.25, 0.3) is 22.3 Å². The van der Waals surface area contributed by atoms with Crippen molar-refractivity contribution in [1.29, 1.82) is 0 Å². The van der Waals surface area contributed by atoms with Crippen LogP contribution in [0.5, 0.6) is 28.7 Å². The largest absolute Gasteiger partial charge is 0.508 e. The molecule has 16 heteroatoms. The van der Waals surface area contributed by atoms with Crippen LogP contribution < -0.4 is 10.2 Å². The van der Waals surface area contributed by atoms with E-state index in [1.165, 1.54) is 6.07 Å². The molecule has 2 aliphatic rings. The molecule has 228 valence electrons. The van der Waals surface area contributed by atoms with Crippen LogP contribution >= 0.6 is 0 Å². The van der Waals surface area contributed by atoms with E-state index in [1.807, 2.05) is 0 Å². The molecule has 2 fully saturated rings. The van der Waals surface area contributed by atoms with E-state index >= 15 is 0 Å². The second-order valence-corrected chi connectivity index (χ2v) is 9.76. The average molecular weight is 596 g/mol. The van der Waals surface area contributed by atoms with Gasteiger partial charge in [0.25, 0.3) is 0 Å². The Labute approximate surface area is 235 Å². The molecule has 3 heterocycles. The number of hydrogen-bond acceptors (Lipinski definition) is 16. The van der Waals surface area contributed by atoms with Gasteiger partial charge in [-0.25, -0.2) is 0 Å². The molecular weight excluding hydrogens is 568 g/mol. The fourth-order valence-electron chi connectivity index (χ4n) is 4.77. The van der Waals surface area contributed by atoms with Crippen molar-refractivity contribution in [2.45, 2.75) is 55.3 Å². The molecule has 0 saturated carbocycles. The zero-order valence-electron chi connectivity index (χ0n) is 21.4. The van der Waals surface area contributed by atoms with E-state index in [-0.39, 0.29) is 11.1 Å². The Bertz CT molecular complexity index is 1510. The minimum Gasteiger partial charge on any atom is -0.508 e. The van der Waals surface area contributed by atoms with Gasteiger partial charge in [-0.1, -0.05) is 0 Å². The summed E-state index contributed by atoms with van der Waals surface area (Å²) in [5, 5.41) is 101. The lowest BCUT2D eigenvalue weighted by molar-refractivity contribution is -0.320. The predicted octanol–water partition coefficient (Wildman–Crippen LogP) is -2.08. The number of rotatable bonds is 7. The molecule has 42 heavy (non-hydrogen) atoms. The lowest BCUT2D eigenvalue weighted by atomic mass is 9.99. The minimum absolute atomic E-state index is 0.0434. The molecule has 2 aliphatic heterocycles. The second kappa shape index (κ2) is 11.5. The Morgan fingerprint density at radius 2 is 1.38 bits per heavy atom. The Kier molecular flexibility index (Phi) is 8.17. The SMILES string of the molecule is O=c1c(O[C@@H]2O[C@H](CO)[C@@H](O)[C@H](O)[C@H]2O[C@@H]2O[C@H](CO)[C@H](O)[C@H]2O)c(-c2ccc(O)c(O)c2)oc2cc(O)cc(O)c12. The summed E-state index contributed by atoms with van der Waals surface area (Å²) in [6, 6.07) is 5.21. The van der Waals surface area contributed by atoms with E-state index in [1.54, 1.807) is 0 Å². The molecule has 0 unspecified atom stereocenters. The van der Waals surface area contributed by atoms with Crippen molar-refractivity contribution in [2.75, 3.05) is 13.2 Å². The molecule has 0 spiro atoms. The summed E-state index contributed by atoms with van der Waals surface area (Å²) in [6.45, 7) is -1.53. The number of aromatic hydroxyl groups is 4. The summed E-state index contributed by atoms with van der Waals surface area (Å²) >= 11 is 0. The summed E-state index contributed by atoms with van der Waals surface area (Å²) in [4.78, 5) is 13.7. The minimum atomic E-state index is -1.90. The Morgan fingerprint density at radius 1 is 0.738 bits per heavy atom. The molecule has 0 bridgehead atoms. The van der Waals surface area contributed by atoms with Gasteiger partial charge in [-0.3, -0.25) is 4.79 Å². The Balaban J connectivity index is 1.62. The Morgan fingerprint density at radius 3 is 2.02 bits per heavy atom. The maximum absolute atomic E-state index is 13.7. The highest BCUT2D eigenvalue weighted by Gasteiger charge is 2.51. The van der Waals surface area contributed by atoms with Gasteiger partial charge in [0.05, 0.1) is 13.2 Å². The van der Waals surface area contributed by atoms with Gasteiger partial charge in [0.2, 0.25) is 17.5 Å². The number of phenolic OH excluding ortho intramolecular Hbond substituents is 4. The molecule has 0 amide bonds. The molecule has 5 rings (SSSR count). The predicted molar refractivity (Wildman–Crippen MR) is 136 cm³/mol. The fraction of sp³-hybridized carbons (Fsp3) is 0.423. The average Bonchev–Trinajstić information content (AvgIpc) is 3.22. The zero-order chi connectivity index (χ0) is 30.5. The number of aliphatic hydroxyl groups excluding tert-OH is 6. The van der Waals surface area contributed by atoms with E-state index in [0.717, 1.165) is 24.3 Å². The summed E-state index contributed by atoms with van der Waals surface area (Å²) in [6.07, 6.45) is -15.1. The van der Waals surface area contributed by atoms with Crippen molar-refractivity contribution < 1.29 is 74.4 Å². The third-order valence-electron chi connectivity index (χ3n) is 7.00. The number of ether oxygens (including phenoxy) is 4. The third-order valence-corrected chi connectivity index (χ3v) is 7.00. The van der Waals surface area contributed by atoms with Crippen LogP contribution in [0.15, 0.2) is 39.5 Å². The molecule has 2 aromatic carbocycles. The van der Waals surface area contributed by atoms with Crippen molar-refractivity contribution in [3.63, 3.8) is 0 Å². The number of benzene rings is 2. The maximum atomic E-state index is 13.7. The Hall–Kier alpha value is -3.71. The van der Waals surface area contributed by atoms with Crippen LogP contribution in [0, 0.1) is 0 Å². The van der Waals surface area contributed by atoms with Crippen LogP contribution in [0.1, 0.15) is 0 Å². The fourth-order valence-corrected chi connectivity index (χ4v) is 4.77. The van der Waals surface area contributed by atoms with Crippen LogP contribution in [0.4, 0.5) is 0 Å². The topological polar surface area (TPSA) is 269 Å². The van der Waals surface area contributed by atoms with E-state index in [0.29, 0.717) is 0 Å². The molecule has 3 aromatic rings. The van der Waals surface area contributed by atoms with Gasteiger partial charge in [-0.05, 0) is 18.2 Å². The van der Waals surface area contributed by atoms with Gasteiger partial charge in [0, 0.05) is 17.7 Å². The van der Waals surface area contributed by atoms with Gasteiger partial charge >= 0.3 is 0 Å². The molecule has 10 N–H and O–H groups in total. The van der Waals surface area contributed by atoms with Crippen molar-refractivity contribution in [3.8, 4) is 40.1 Å². The molecule has 1 aromatic heterocycles. The standard InChI is InChI=1S/C26H28O16/c27-6-14-17(33)20(36)24(42-25-21(37)18(34)15(7-28)39-25)26(40-14)41-23-19(35)16-12(32)4-9(29)5-13(16)38-22(23)8-1-2-10(30)11(31)3-8/h1-5,14-15,17-18,20-21,24-34,36-37H,6-7H2/t14-,15-,17-,18+,20+,21-,24-,25+,26+/m1/s1. The molecular formula is C26H28O16. The molecule has 0 radical (unpaired) electrons. The molecule has 16 nitrogen and oxygen atoms in total. The third kappa shape index (κ3) is 5.19. The highest BCUT2D eigenvalue weighted by atomic mass is 16.8. The van der Waals surface area contributed by atoms with Gasteiger partial charge in [0.1, 0.15) is 59.1 Å². The number of aliphatic hydroxyl groups is 6. The lowest BCUT2D eigenvalue weighted by Gasteiger charge is -2.42. The van der Waals surface area contributed by atoms with Gasteiger partial charge in [-0.15, -0.1) is 0 Å². The normalized spacial score (nSPS) is 31.4. The first-order chi connectivity index (χ1) is 19.9. The summed E-state index contributed by atoms with van der Waals surface area (Å²) in [5.74, 6) is -3.39. The van der Waals surface area contributed by atoms with Gasteiger partial charge < -0.3 is 74.4 Å². The highest BCUT2D eigenvalue weighted by molar-refractivity contribution is 5.88. The first kappa shape index (κ1) is 29.8. The summed E-state index contributed by atoms with van der Waals surface area (Å²) in [5.41, 5.74) is -1.38. The van der Waals surface area contributed by atoms with Crippen LogP contribution in [-0.2, 0) is 14.2 Å². The quantitative estimate of drug-likeness (QED) is 0.131. The van der Waals surface area contributed by atoms with Crippen LogP contribution in [-0.4, -0.2) is 120 Å². The smallest absolute Gasteiger partial charge is 0.239 e. The highest BCUT2D eigenvalue weighted by Crippen LogP contribution is 2.40. The van der Waals surface area contributed by atoms with Crippen molar-refractivity contribution in [1.82, 2.24) is 0 Å². The number of fused-ring (bicyclic) bond motifs is 1. The number of hydrogen-bond donors (Lipinski definition) is 10. The number of phenols is 4. The molecule has 9 atom stereocenters. The lowest BCUT2D eigenvalue weighted by Crippen LogP contribution is -2.62. The monoisotopic (exact) mass is 596 g/mol. The second-order valence-electron chi connectivity index (χ2n) is 9.76. The van der Waals surface area contributed by atoms with E-state index in [4.69, 9.17) is 23.4 Å². The van der Waals surface area contributed by atoms with Crippen molar-refractivity contribution in [3.05, 3.63) is 40.6 Å².